The molecule has 126 valence electrons. The van der Waals surface area contributed by atoms with E-state index in [1.54, 1.807) is 13.0 Å². The third-order valence-electron chi connectivity index (χ3n) is 3.35. The minimum atomic E-state index is -0.670. The highest BCUT2D eigenvalue weighted by Gasteiger charge is 2.28. The van der Waals surface area contributed by atoms with Gasteiger partial charge in [-0.15, -0.1) is 0 Å². The zero-order chi connectivity index (χ0) is 17.1. The fourth-order valence-electron chi connectivity index (χ4n) is 2.13. The first-order valence-corrected chi connectivity index (χ1v) is 7.43. The number of hydrogen-bond acceptors (Lipinski definition) is 7. The van der Waals surface area contributed by atoms with Crippen LogP contribution in [0.2, 0.25) is 0 Å². The van der Waals surface area contributed by atoms with Crippen molar-refractivity contribution in [3.63, 3.8) is 0 Å². The number of benzene rings is 1. The molecule has 0 aliphatic carbocycles. The number of aromatic nitrogens is 2. The average Bonchev–Trinajstić information content (AvgIpc) is 2.50. The maximum atomic E-state index is 13.4. The van der Waals surface area contributed by atoms with Gasteiger partial charge in [0.15, 0.2) is 11.4 Å². The third-order valence-corrected chi connectivity index (χ3v) is 3.35. The summed E-state index contributed by atoms with van der Waals surface area (Å²) < 4.78 is 29.1. The molecule has 1 aromatic heterocycles. The second kappa shape index (κ2) is 6.79. The summed E-state index contributed by atoms with van der Waals surface area (Å²) in [5.74, 6) is -1.02. The Kier molecular flexibility index (Phi) is 4.57. The fourth-order valence-corrected chi connectivity index (χ4v) is 2.13. The van der Waals surface area contributed by atoms with Gasteiger partial charge in [-0.05, 0) is 19.1 Å². The van der Waals surface area contributed by atoms with E-state index in [2.05, 4.69) is 9.97 Å². The van der Waals surface area contributed by atoms with Crippen LogP contribution in [0.1, 0.15) is 17.3 Å². The van der Waals surface area contributed by atoms with Crippen LogP contribution >= 0.6 is 0 Å². The number of halogens is 1. The molecule has 24 heavy (non-hydrogen) atoms. The largest absolute Gasteiger partial charge is 0.469 e. The van der Waals surface area contributed by atoms with Crippen molar-refractivity contribution >= 4 is 11.8 Å². The molecule has 7 nitrogen and oxygen atoms in total. The Morgan fingerprint density at radius 3 is 2.83 bits per heavy atom. The van der Waals surface area contributed by atoms with Crippen molar-refractivity contribution in [3.8, 4) is 17.3 Å². The van der Waals surface area contributed by atoms with E-state index in [1.165, 1.54) is 18.2 Å². The first kappa shape index (κ1) is 16.1. The second-order valence-electron chi connectivity index (χ2n) is 5.12. The van der Waals surface area contributed by atoms with Crippen LogP contribution in [0, 0.1) is 5.82 Å². The standard InChI is InChI=1S/C16H16FN3O4/c1-2-23-16(21)12-13(18)19-14(9-4-3-5-10(17)6-9)20-15(12)24-11-7-22-8-11/h3-6,11H,2,7-8H2,1H3,(H2,18,19,20). The summed E-state index contributed by atoms with van der Waals surface area (Å²) >= 11 is 0. The molecular formula is C16H16FN3O4. The fraction of sp³-hybridized carbons (Fsp3) is 0.312. The Hall–Kier alpha value is -2.74. The SMILES string of the molecule is CCOC(=O)c1c(N)nc(-c2cccc(F)c2)nc1OC1COC1. The number of nitrogens with two attached hydrogens (primary N) is 1. The van der Waals surface area contributed by atoms with Gasteiger partial charge in [-0.1, -0.05) is 12.1 Å². The number of carbonyl (C=O) groups is 1. The summed E-state index contributed by atoms with van der Waals surface area (Å²) in [5.41, 5.74) is 6.29. The van der Waals surface area contributed by atoms with Crippen LogP contribution in [0.4, 0.5) is 10.2 Å². The van der Waals surface area contributed by atoms with Crippen molar-refractivity contribution in [2.45, 2.75) is 13.0 Å². The van der Waals surface area contributed by atoms with Crippen LogP contribution in [0.15, 0.2) is 24.3 Å². The van der Waals surface area contributed by atoms with Crippen LogP contribution in [0.3, 0.4) is 0 Å². The Morgan fingerprint density at radius 2 is 2.21 bits per heavy atom. The van der Waals surface area contributed by atoms with Crippen LogP contribution in [0.25, 0.3) is 11.4 Å². The maximum absolute atomic E-state index is 13.4. The molecule has 0 spiro atoms. The number of anilines is 1. The Labute approximate surface area is 137 Å². The van der Waals surface area contributed by atoms with Crippen molar-refractivity contribution in [3.05, 3.63) is 35.6 Å². The maximum Gasteiger partial charge on any atom is 0.347 e. The number of nitrogens with zero attached hydrogens (tertiary/aromatic N) is 2. The van der Waals surface area contributed by atoms with Gasteiger partial charge in [-0.3, -0.25) is 0 Å². The predicted octanol–water partition coefficient (Wildman–Crippen LogP) is 1.82. The summed E-state index contributed by atoms with van der Waals surface area (Å²) in [6, 6.07) is 5.75. The summed E-state index contributed by atoms with van der Waals surface area (Å²) in [4.78, 5) is 20.4. The van der Waals surface area contributed by atoms with Gasteiger partial charge in [0, 0.05) is 5.56 Å². The normalized spacial score (nSPS) is 14.1. The molecule has 1 saturated heterocycles. The Bertz CT molecular complexity index is 765. The van der Waals surface area contributed by atoms with Gasteiger partial charge in [0.2, 0.25) is 5.88 Å². The van der Waals surface area contributed by atoms with E-state index in [0.29, 0.717) is 18.8 Å². The Morgan fingerprint density at radius 1 is 1.42 bits per heavy atom. The van der Waals surface area contributed by atoms with E-state index in [0.717, 1.165) is 0 Å². The zero-order valence-electron chi connectivity index (χ0n) is 13.0. The van der Waals surface area contributed by atoms with Gasteiger partial charge in [0.1, 0.15) is 17.7 Å². The molecule has 1 aliphatic rings. The second-order valence-corrected chi connectivity index (χ2v) is 5.12. The molecule has 2 heterocycles. The highest BCUT2D eigenvalue weighted by atomic mass is 19.1. The molecule has 1 aromatic carbocycles. The van der Waals surface area contributed by atoms with Crippen LogP contribution in [-0.2, 0) is 9.47 Å². The van der Waals surface area contributed by atoms with Crippen molar-refractivity contribution < 1.29 is 23.4 Å². The third kappa shape index (κ3) is 3.28. The molecule has 2 aromatic rings. The number of carbonyl (C=O) groups excluding carboxylic acids is 1. The Balaban J connectivity index is 2.04. The smallest absolute Gasteiger partial charge is 0.347 e. The molecule has 0 atom stereocenters. The van der Waals surface area contributed by atoms with Crippen molar-refractivity contribution in [2.75, 3.05) is 25.6 Å². The topological polar surface area (TPSA) is 96.6 Å². The molecule has 0 radical (unpaired) electrons. The summed E-state index contributed by atoms with van der Waals surface area (Å²) in [6.07, 6.45) is -0.229. The van der Waals surface area contributed by atoms with Crippen LogP contribution in [0.5, 0.6) is 5.88 Å². The molecule has 0 unspecified atom stereocenters. The molecular weight excluding hydrogens is 317 g/mol. The van der Waals surface area contributed by atoms with Gasteiger partial charge in [-0.2, -0.15) is 4.98 Å². The zero-order valence-corrected chi connectivity index (χ0v) is 13.0. The molecule has 1 fully saturated rings. The van der Waals surface area contributed by atoms with Gasteiger partial charge in [0.05, 0.1) is 19.8 Å². The lowest BCUT2D eigenvalue weighted by molar-refractivity contribution is -0.0816. The number of esters is 1. The molecule has 0 saturated carbocycles. The lowest BCUT2D eigenvalue weighted by atomic mass is 10.2. The lowest BCUT2D eigenvalue weighted by Gasteiger charge is -2.27. The van der Waals surface area contributed by atoms with Crippen LogP contribution in [-0.4, -0.2) is 41.9 Å². The average molecular weight is 333 g/mol. The highest BCUT2D eigenvalue weighted by molar-refractivity contribution is 5.97. The highest BCUT2D eigenvalue weighted by Crippen LogP contribution is 2.28. The minimum absolute atomic E-state index is 0.00788. The van der Waals surface area contributed by atoms with E-state index in [1.807, 2.05) is 0 Å². The number of nitrogen functional groups attached to an aromatic ring is 1. The molecule has 0 amide bonds. The number of hydrogen-bond donors (Lipinski definition) is 1. The molecule has 2 N–H and O–H groups in total. The van der Waals surface area contributed by atoms with Gasteiger partial charge < -0.3 is 19.9 Å². The van der Waals surface area contributed by atoms with Crippen molar-refractivity contribution in [2.24, 2.45) is 0 Å². The number of ether oxygens (including phenoxy) is 3. The lowest BCUT2D eigenvalue weighted by Crippen LogP contribution is -2.39. The predicted molar refractivity (Wildman–Crippen MR) is 83.0 cm³/mol. The summed E-state index contributed by atoms with van der Waals surface area (Å²) in [5, 5.41) is 0. The van der Waals surface area contributed by atoms with Gasteiger partial charge in [0.25, 0.3) is 0 Å². The van der Waals surface area contributed by atoms with E-state index >= 15 is 0 Å². The quantitative estimate of drug-likeness (QED) is 0.834. The van der Waals surface area contributed by atoms with Gasteiger partial charge >= 0.3 is 5.97 Å². The molecule has 8 heteroatoms. The summed E-state index contributed by atoms with van der Waals surface area (Å²) in [6.45, 7) is 2.63. The molecule has 3 rings (SSSR count). The number of rotatable bonds is 5. The molecule has 0 bridgehead atoms. The summed E-state index contributed by atoms with van der Waals surface area (Å²) in [7, 11) is 0. The van der Waals surface area contributed by atoms with Crippen molar-refractivity contribution in [1.29, 1.82) is 0 Å². The monoisotopic (exact) mass is 333 g/mol. The minimum Gasteiger partial charge on any atom is -0.469 e. The van der Waals surface area contributed by atoms with E-state index in [4.69, 9.17) is 19.9 Å². The van der Waals surface area contributed by atoms with E-state index in [9.17, 15) is 9.18 Å². The van der Waals surface area contributed by atoms with E-state index < -0.39 is 11.8 Å². The van der Waals surface area contributed by atoms with Crippen LogP contribution < -0.4 is 10.5 Å². The van der Waals surface area contributed by atoms with E-state index in [-0.39, 0.29) is 35.8 Å². The first-order valence-electron chi connectivity index (χ1n) is 7.43. The van der Waals surface area contributed by atoms with Crippen molar-refractivity contribution in [1.82, 2.24) is 9.97 Å². The molecule has 1 aliphatic heterocycles. The first-order chi connectivity index (χ1) is 11.6. The van der Waals surface area contributed by atoms with Gasteiger partial charge in [-0.25, -0.2) is 14.2 Å².